The molecular formula is C30H21B5N2P-. The van der Waals surface area contributed by atoms with E-state index in [9.17, 15) is 0 Å². The summed E-state index contributed by atoms with van der Waals surface area (Å²) in [6.07, 6.45) is 0.0260. The number of fused-ring (bicyclic) bond motifs is 5. The molecule has 0 atom stereocenters. The van der Waals surface area contributed by atoms with Gasteiger partial charge in [0.25, 0.3) is 0 Å². The first-order valence-electron chi connectivity index (χ1n) is 13.7. The maximum atomic E-state index is 4.29. The van der Waals surface area contributed by atoms with Gasteiger partial charge in [0, 0.05) is 0 Å². The second-order valence-corrected chi connectivity index (χ2v) is 16.8. The van der Waals surface area contributed by atoms with Crippen molar-refractivity contribution in [3.8, 4) is 11.1 Å². The summed E-state index contributed by atoms with van der Waals surface area (Å²) in [6, 6.07) is 45.2. The van der Waals surface area contributed by atoms with E-state index in [0.717, 1.165) is 18.6 Å². The van der Waals surface area contributed by atoms with Crippen LogP contribution >= 0.6 is 6.39 Å². The molecule has 6 aliphatic heterocycles. The summed E-state index contributed by atoms with van der Waals surface area (Å²) in [5.41, 5.74) is 12.5. The van der Waals surface area contributed by atoms with E-state index in [2.05, 4.69) is 138 Å². The van der Waals surface area contributed by atoms with Gasteiger partial charge in [-0.3, -0.25) is 0 Å². The molecule has 6 aliphatic rings. The number of hydrogen-bond acceptors (Lipinski definition) is 2. The van der Waals surface area contributed by atoms with Gasteiger partial charge in [0.1, 0.15) is 0 Å². The molecule has 2 nitrogen and oxygen atoms in total. The zero-order chi connectivity index (χ0) is 24.7. The first kappa shape index (κ1) is 20.4. The molecule has 0 aromatic heterocycles. The van der Waals surface area contributed by atoms with Gasteiger partial charge in [-0.25, -0.2) is 0 Å². The van der Waals surface area contributed by atoms with E-state index in [-0.39, 0.29) is 6.71 Å². The Kier molecular flexibility index (Phi) is 3.51. The second kappa shape index (κ2) is 6.53. The third-order valence-electron chi connectivity index (χ3n) is 10.3. The normalized spacial score (nSPS) is 19.8. The Labute approximate surface area is 225 Å². The monoisotopic (exact) mass is 495 g/mol. The van der Waals surface area contributed by atoms with Gasteiger partial charge in [-0.2, -0.15) is 0 Å². The summed E-state index contributed by atoms with van der Waals surface area (Å²) in [5, 5.41) is 5.90. The third-order valence-corrected chi connectivity index (χ3v) is 17.3. The fourth-order valence-electron chi connectivity index (χ4n) is 8.61. The Balaban J connectivity index is 1.31. The molecule has 172 valence electrons. The topological polar surface area (TPSA) is 15.3 Å². The Hall–Kier alpha value is -3.55. The number of para-hydroxylation sites is 3. The van der Waals surface area contributed by atoms with Crippen molar-refractivity contribution < 1.29 is 0 Å². The number of nitrogens with zero attached hydrogens (tertiary/aromatic N) is 1. The van der Waals surface area contributed by atoms with Gasteiger partial charge in [-0.1, -0.05) is 0 Å². The standard InChI is InChI=1S/C30H21B5N2P/c1-3-11-21(12-4-1)36-38(33-31-34(38)35(33)38)28-20-19-24-23-15-7-8-16-25(23)32-26-17-9-10-18-27(26)37(30(28)29(24)32)22-13-5-2-6-14-22/h1-20,36H/q-1. The van der Waals surface area contributed by atoms with Gasteiger partial charge in [-0.15, -0.1) is 0 Å². The molecule has 0 amide bonds. The van der Waals surface area contributed by atoms with Gasteiger partial charge < -0.3 is 0 Å². The quantitative estimate of drug-likeness (QED) is 0.294. The van der Waals surface area contributed by atoms with Crippen molar-refractivity contribution in [3.05, 3.63) is 121 Å². The second-order valence-electron chi connectivity index (χ2n) is 11.6. The molecule has 11 rings (SSSR count). The molecule has 4 saturated heterocycles. The molecular weight excluding hydrogens is 473 g/mol. The number of hydrogen-bond donors (Lipinski definition) is 1. The zero-order valence-corrected chi connectivity index (χ0v) is 21.7. The van der Waals surface area contributed by atoms with Crippen molar-refractivity contribution in [1.82, 2.24) is 0 Å². The van der Waals surface area contributed by atoms with Crippen LogP contribution in [-0.2, 0) is 0 Å². The summed E-state index contributed by atoms with van der Waals surface area (Å²) in [5.74, 6) is 0. The van der Waals surface area contributed by atoms with Gasteiger partial charge in [0.15, 0.2) is 0 Å². The van der Waals surface area contributed by atoms with E-state index in [4.69, 9.17) is 0 Å². The molecule has 2 bridgehead atoms. The van der Waals surface area contributed by atoms with Crippen molar-refractivity contribution >= 4 is 83.2 Å². The van der Waals surface area contributed by atoms with Crippen LogP contribution in [0.5, 0.6) is 0 Å². The average Bonchev–Trinajstić information content (AvgIpc) is 3.54. The molecule has 0 unspecified atom stereocenters. The Bertz CT molecular complexity index is 1830. The summed E-state index contributed by atoms with van der Waals surface area (Å²) >= 11 is 0. The zero-order valence-electron chi connectivity index (χ0n) is 20.8. The summed E-state index contributed by atoms with van der Waals surface area (Å²) in [7, 11) is 2.63. The van der Waals surface area contributed by atoms with Gasteiger partial charge >= 0.3 is 226 Å². The molecule has 2 radical (unpaired) electrons. The van der Waals surface area contributed by atoms with Crippen molar-refractivity contribution in [2.24, 2.45) is 0 Å². The van der Waals surface area contributed by atoms with Crippen LogP contribution in [-0.4, -0.2) is 32.4 Å². The third kappa shape index (κ3) is 2.04. The van der Waals surface area contributed by atoms with Crippen LogP contribution in [0, 0.1) is 0 Å². The summed E-state index contributed by atoms with van der Waals surface area (Å²) in [6.45, 7) is 0.279. The van der Waals surface area contributed by atoms with Crippen molar-refractivity contribution in [3.63, 3.8) is 0 Å². The van der Waals surface area contributed by atoms with Crippen LogP contribution in [0.2, 0.25) is 0 Å². The van der Waals surface area contributed by atoms with Gasteiger partial charge in [-0.05, 0) is 0 Å². The minimum absolute atomic E-state index is 0.279. The minimum atomic E-state index is -2.27. The number of anilines is 4. The Morgan fingerprint density at radius 3 is 2.03 bits per heavy atom. The molecule has 5 aromatic rings. The molecule has 0 spiro atoms. The number of benzene rings is 5. The predicted molar refractivity (Wildman–Crippen MR) is 171 cm³/mol. The molecule has 38 heavy (non-hydrogen) atoms. The van der Waals surface area contributed by atoms with Crippen molar-refractivity contribution in [2.45, 2.75) is 0 Å². The fraction of sp³-hybridized carbons (Fsp3) is 0. The van der Waals surface area contributed by atoms with Gasteiger partial charge in [0.2, 0.25) is 0 Å². The van der Waals surface area contributed by atoms with Crippen LogP contribution < -0.4 is 31.7 Å². The van der Waals surface area contributed by atoms with Crippen LogP contribution in [0.4, 0.5) is 22.7 Å². The first-order valence-corrected chi connectivity index (χ1v) is 16.2. The molecule has 1 N–H and O–H groups in total. The van der Waals surface area contributed by atoms with Crippen molar-refractivity contribution in [1.29, 1.82) is 0 Å². The Morgan fingerprint density at radius 1 is 0.632 bits per heavy atom. The van der Waals surface area contributed by atoms with E-state index < -0.39 is 6.39 Å². The average molecular weight is 495 g/mol. The molecule has 0 saturated carbocycles. The molecule has 5 aromatic carbocycles. The molecule has 0 aliphatic carbocycles. The van der Waals surface area contributed by atoms with E-state index in [1.54, 1.807) is 5.30 Å². The molecule has 8 heteroatoms. The van der Waals surface area contributed by atoms with Crippen LogP contribution in [0.15, 0.2) is 121 Å². The van der Waals surface area contributed by atoms with E-state index in [0.29, 0.717) is 0 Å². The predicted octanol–water partition coefficient (Wildman–Crippen LogP) is 4.04. The Morgan fingerprint density at radius 2 is 1.29 bits per heavy atom. The molecule has 4 fully saturated rings. The number of nitrogens with one attached hydrogen (secondary N) is 1. The molecule has 6 heterocycles. The first-order chi connectivity index (χ1) is 18.8. The van der Waals surface area contributed by atoms with Crippen molar-refractivity contribution in [2.75, 3.05) is 9.99 Å². The number of rotatable bonds is 4. The van der Waals surface area contributed by atoms with Crippen LogP contribution in [0.1, 0.15) is 0 Å². The maximum absolute atomic E-state index is 4.29. The fourth-order valence-corrected chi connectivity index (χ4v) is 16.8. The van der Waals surface area contributed by atoms with E-state index >= 15 is 0 Å². The van der Waals surface area contributed by atoms with E-state index in [1.807, 2.05) is 0 Å². The summed E-state index contributed by atoms with van der Waals surface area (Å²) < 4.78 is 0. The van der Waals surface area contributed by atoms with Crippen LogP contribution in [0.3, 0.4) is 0 Å². The van der Waals surface area contributed by atoms with Gasteiger partial charge in [0.05, 0.1) is 0 Å². The SMILES string of the molecule is [B-]1B2B3B1P23(Nc1ccccc1)c1ccc2c3c1N(c1ccccc1)c1ccccc1B3c1ccccc1-2. The van der Waals surface area contributed by atoms with Crippen LogP contribution in [0.25, 0.3) is 11.1 Å². The van der Waals surface area contributed by atoms with E-state index in [1.165, 1.54) is 50.3 Å². The summed E-state index contributed by atoms with van der Waals surface area (Å²) in [4.78, 5) is 2.60.